The molecule has 0 aliphatic carbocycles. The van der Waals surface area contributed by atoms with E-state index in [9.17, 15) is 0 Å². The maximum absolute atomic E-state index is 5.85. The van der Waals surface area contributed by atoms with Gasteiger partial charge in [0.15, 0.2) is 5.82 Å². The van der Waals surface area contributed by atoms with Crippen LogP contribution in [0.3, 0.4) is 0 Å². The summed E-state index contributed by atoms with van der Waals surface area (Å²) >= 11 is 5.85. The van der Waals surface area contributed by atoms with Gasteiger partial charge in [-0.05, 0) is 31.8 Å². The quantitative estimate of drug-likeness (QED) is 0.817. The van der Waals surface area contributed by atoms with E-state index in [2.05, 4.69) is 30.7 Å². The fraction of sp³-hybridized carbons (Fsp3) is 0.357. The van der Waals surface area contributed by atoms with Crippen LogP contribution >= 0.6 is 11.6 Å². The third-order valence-electron chi connectivity index (χ3n) is 2.79. The van der Waals surface area contributed by atoms with Crippen LogP contribution in [-0.2, 0) is 6.54 Å². The molecule has 0 fully saturated rings. The van der Waals surface area contributed by atoms with E-state index in [1.807, 2.05) is 38.4 Å². The van der Waals surface area contributed by atoms with Crippen molar-refractivity contribution in [2.45, 2.75) is 6.54 Å². The SMILES string of the molecule is CN(C)CCNc1cnnc(NCc2ccc(Cl)cc2)n1. The summed E-state index contributed by atoms with van der Waals surface area (Å²) in [7, 11) is 4.05. The molecule has 112 valence electrons. The van der Waals surface area contributed by atoms with Gasteiger partial charge in [0.25, 0.3) is 0 Å². The molecule has 2 rings (SSSR count). The number of aromatic nitrogens is 3. The molecule has 1 aromatic carbocycles. The van der Waals surface area contributed by atoms with Crippen molar-refractivity contribution in [1.82, 2.24) is 20.1 Å². The van der Waals surface area contributed by atoms with Crippen molar-refractivity contribution in [3.63, 3.8) is 0 Å². The molecular formula is C14H19ClN6. The Bertz CT molecular complexity index is 558. The van der Waals surface area contributed by atoms with Gasteiger partial charge in [-0.15, -0.1) is 5.10 Å². The topological polar surface area (TPSA) is 66.0 Å². The molecule has 0 saturated heterocycles. The van der Waals surface area contributed by atoms with Crippen molar-refractivity contribution < 1.29 is 0 Å². The molecule has 0 aliphatic heterocycles. The first kappa shape index (κ1) is 15.5. The zero-order valence-electron chi connectivity index (χ0n) is 12.2. The van der Waals surface area contributed by atoms with Gasteiger partial charge in [-0.2, -0.15) is 10.1 Å². The first-order valence-corrected chi connectivity index (χ1v) is 7.08. The second-order valence-electron chi connectivity index (χ2n) is 4.88. The highest BCUT2D eigenvalue weighted by Gasteiger charge is 2.01. The predicted molar refractivity (Wildman–Crippen MR) is 85.6 cm³/mol. The molecule has 2 N–H and O–H groups in total. The van der Waals surface area contributed by atoms with Crippen molar-refractivity contribution >= 4 is 23.4 Å². The van der Waals surface area contributed by atoms with Crippen LogP contribution in [-0.4, -0.2) is 47.3 Å². The van der Waals surface area contributed by atoms with E-state index in [1.165, 1.54) is 0 Å². The van der Waals surface area contributed by atoms with Crippen molar-refractivity contribution in [1.29, 1.82) is 0 Å². The molecule has 2 aromatic rings. The molecule has 0 saturated carbocycles. The lowest BCUT2D eigenvalue weighted by molar-refractivity contribution is 0.425. The van der Waals surface area contributed by atoms with Crippen LogP contribution in [0.1, 0.15) is 5.56 Å². The fourth-order valence-electron chi connectivity index (χ4n) is 1.65. The average molecular weight is 307 g/mol. The molecule has 21 heavy (non-hydrogen) atoms. The van der Waals surface area contributed by atoms with Crippen LogP contribution < -0.4 is 10.6 Å². The number of rotatable bonds is 7. The molecule has 1 heterocycles. The zero-order chi connectivity index (χ0) is 15.1. The number of benzene rings is 1. The molecule has 1 aromatic heterocycles. The molecule has 0 unspecified atom stereocenters. The highest BCUT2D eigenvalue weighted by molar-refractivity contribution is 6.30. The number of hydrogen-bond acceptors (Lipinski definition) is 6. The highest BCUT2D eigenvalue weighted by Crippen LogP contribution is 2.11. The molecule has 0 radical (unpaired) electrons. The fourth-order valence-corrected chi connectivity index (χ4v) is 1.78. The Morgan fingerprint density at radius 1 is 1.14 bits per heavy atom. The number of likely N-dealkylation sites (N-methyl/N-ethyl adjacent to an activating group) is 1. The Morgan fingerprint density at radius 2 is 1.90 bits per heavy atom. The number of anilines is 2. The highest BCUT2D eigenvalue weighted by atomic mass is 35.5. The maximum Gasteiger partial charge on any atom is 0.244 e. The third kappa shape index (κ3) is 5.53. The van der Waals surface area contributed by atoms with Crippen LogP contribution in [0.5, 0.6) is 0 Å². The van der Waals surface area contributed by atoms with Crippen LogP contribution in [0.2, 0.25) is 5.02 Å². The van der Waals surface area contributed by atoms with Crippen LogP contribution in [0, 0.1) is 0 Å². The summed E-state index contributed by atoms with van der Waals surface area (Å²) in [6.45, 7) is 2.36. The van der Waals surface area contributed by atoms with Gasteiger partial charge < -0.3 is 15.5 Å². The molecule has 0 atom stereocenters. The minimum absolute atomic E-state index is 0.500. The van der Waals surface area contributed by atoms with Crippen molar-refractivity contribution in [2.24, 2.45) is 0 Å². The van der Waals surface area contributed by atoms with E-state index >= 15 is 0 Å². The Hall–Kier alpha value is -1.92. The molecular weight excluding hydrogens is 288 g/mol. The monoisotopic (exact) mass is 306 g/mol. The maximum atomic E-state index is 5.85. The van der Waals surface area contributed by atoms with Crippen molar-refractivity contribution in [2.75, 3.05) is 37.8 Å². The third-order valence-corrected chi connectivity index (χ3v) is 3.04. The summed E-state index contributed by atoms with van der Waals surface area (Å²) in [5.41, 5.74) is 1.11. The van der Waals surface area contributed by atoms with Gasteiger partial charge in [0, 0.05) is 24.7 Å². The predicted octanol–water partition coefficient (Wildman–Crippen LogP) is 2.11. The Morgan fingerprint density at radius 3 is 2.62 bits per heavy atom. The second kappa shape index (κ2) is 7.75. The van der Waals surface area contributed by atoms with Gasteiger partial charge >= 0.3 is 0 Å². The van der Waals surface area contributed by atoms with Gasteiger partial charge in [0.05, 0.1) is 6.20 Å². The van der Waals surface area contributed by atoms with E-state index in [4.69, 9.17) is 11.6 Å². The minimum atomic E-state index is 0.500. The van der Waals surface area contributed by atoms with Crippen LogP contribution in [0.4, 0.5) is 11.8 Å². The minimum Gasteiger partial charge on any atom is -0.367 e. The summed E-state index contributed by atoms with van der Waals surface area (Å²) < 4.78 is 0. The first-order valence-electron chi connectivity index (χ1n) is 6.70. The van der Waals surface area contributed by atoms with Gasteiger partial charge in [0.1, 0.15) is 0 Å². The lowest BCUT2D eigenvalue weighted by atomic mass is 10.2. The van der Waals surface area contributed by atoms with E-state index in [1.54, 1.807) is 6.20 Å². The molecule has 0 amide bonds. The number of nitrogens with zero attached hydrogens (tertiary/aromatic N) is 4. The first-order chi connectivity index (χ1) is 10.1. The average Bonchev–Trinajstić information content (AvgIpc) is 2.47. The Balaban J connectivity index is 1.87. The van der Waals surface area contributed by atoms with Gasteiger partial charge in [-0.1, -0.05) is 23.7 Å². The van der Waals surface area contributed by atoms with E-state index < -0.39 is 0 Å². The van der Waals surface area contributed by atoms with E-state index in [0.29, 0.717) is 18.3 Å². The lowest BCUT2D eigenvalue weighted by Gasteiger charge is -2.11. The number of hydrogen-bond donors (Lipinski definition) is 2. The molecule has 0 spiro atoms. The smallest absolute Gasteiger partial charge is 0.244 e. The van der Waals surface area contributed by atoms with E-state index in [0.717, 1.165) is 23.7 Å². The largest absolute Gasteiger partial charge is 0.367 e. The summed E-state index contributed by atoms with van der Waals surface area (Å²) in [6.07, 6.45) is 1.61. The zero-order valence-corrected chi connectivity index (χ0v) is 12.9. The van der Waals surface area contributed by atoms with Gasteiger partial charge in [0.2, 0.25) is 5.95 Å². The number of nitrogens with one attached hydrogen (secondary N) is 2. The normalized spacial score (nSPS) is 10.7. The summed E-state index contributed by atoms with van der Waals surface area (Å²) in [5.74, 6) is 1.21. The van der Waals surface area contributed by atoms with Crippen LogP contribution in [0.25, 0.3) is 0 Å². The Kier molecular flexibility index (Phi) is 5.71. The Labute approximate surface area is 129 Å². The summed E-state index contributed by atoms with van der Waals surface area (Å²) in [4.78, 5) is 6.46. The van der Waals surface area contributed by atoms with E-state index in [-0.39, 0.29) is 0 Å². The van der Waals surface area contributed by atoms with Crippen molar-refractivity contribution in [3.8, 4) is 0 Å². The summed E-state index contributed by atoms with van der Waals surface area (Å²) in [5, 5.41) is 15.0. The van der Waals surface area contributed by atoms with Gasteiger partial charge in [-0.3, -0.25) is 0 Å². The molecule has 7 heteroatoms. The molecule has 6 nitrogen and oxygen atoms in total. The second-order valence-corrected chi connectivity index (χ2v) is 5.31. The number of halogens is 1. The van der Waals surface area contributed by atoms with Crippen molar-refractivity contribution in [3.05, 3.63) is 41.0 Å². The molecule has 0 bridgehead atoms. The summed E-state index contributed by atoms with van der Waals surface area (Å²) in [6, 6.07) is 7.64. The standard InChI is InChI=1S/C14H19ClN6/c1-21(2)8-7-16-13-10-18-20-14(19-13)17-9-11-3-5-12(15)6-4-11/h3-6,10H,7-9H2,1-2H3,(H2,16,17,19,20). The lowest BCUT2D eigenvalue weighted by Crippen LogP contribution is -2.21. The van der Waals surface area contributed by atoms with Gasteiger partial charge in [-0.25, -0.2) is 0 Å². The van der Waals surface area contributed by atoms with Crippen LogP contribution in [0.15, 0.2) is 30.5 Å². The molecule has 0 aliphatic rings.